The molecule has 2 rings (SSSR count). The predicted octanol–water partition coefficient (Wildman–Crippen LogP) is 3.70. The lowest BCUT2D eigenvalue weighted by Crippen LogP contribution is -2.18. The molecule has 2 N–H and O–H groups in total. The van der Waals surface area contributed by atoms with Crippen molar-refractivity contribution in [3.8, 4) is 11.5 Å². The van der Waals surface area contributed by atoms with E-state index in [0.29, 0.717) is 5.75 Å². The maximum Gasteiger partial charge on any atom is 0.331 e. The van der Waals surface area contributed by atoms with Crippen molar-refractivity contribution in [2.75, 3.05) is 0 Å². The summed E-state index contributed by atoms with van der Waals surface area (Å²) in [5, 5.41) is 17.9. The lowest BCUT2D eigenvalue weighted by atomic mass is 9.78. The van der Waals surface area contributed by atoms with E-state index >= 15 is 0 Å². The number of rotatable bonds is 5. The van der Waals surface area contributed by atoms with Crippen molar-refractivity contribution in [2.24, 2.45) is 0 Å². The number of aliphatic carboxylic acids is 1. The van der Waals surface area contributed by atoms with Crippen molar-refractivity contribution in [3.63, 3.8) is 0 Å². The predicted molar refractivity (Wildman–Crippen MR) is 84.1 cm³/mol. The monoisotopic (exact) mass is 298 g/mol. The largest absolute Gasteiger partial charge is 0.508 e. The first-order valence-corrected chi connectivity index (χ1v) is 6.86. The van der Waals surface area contributed by atoms with Gasteiger partial charge in [-0.15, -0.1) is 0 Å². The topological polar surface area (TPSA) is 66.8 Å². The molecule has 22 heavy (non-hydrogen) atoms. The van der Waals surface area contributed by atoms with Crippen LogP contribution in [0.5, 0.6) is 11.5 Å². The fourth-order valence-corrected chi connectivity index (χ4v) is 2.17. The van der Waals surface area contributed by atoms with Crippen LogP contribution in [-0.2, 0) is 10.2 Å². The van der Waals surface area contributed by atoms with E-state index in [9.17, 15) is 9.90 Å². The normalized spacial score (nSPS) is 11.5. The highest BCUT2D eigenvalue weighted by Crippen LogP contribution is 2.33. The molecule has 0 aliphatic heterocycles. The van der Waals surface area contributed by atoms with Crippen molar-refractivity contribution in [1.29, 1.82) is 0 Å². The van der Waals surface area contributed by atoms with Crippen LogP contribution in [0.3, 0.4) is 0 Å². The second kappa shape index (κ2) is 6.35. The molecule has 0 aliphatic carbocycles. The maximum atomic E-state index is 10.4. The van der Waals surface area contributed by atoms with E-state index in [2.05, 4.69) is 13.8 Å². The van der Waals surface area contributed by atoms with Gasteiger partial charge in [0.15, 0.2) is 0 Å². The Bertz CT molecular complexity index is 667. The van der Waals surface area contributed by atoms with Gasteiger partial charge in [0.2, 0.25) is 0 Å². The van der Waals surface area contributed by atoms with Gasteiger partial charge in [0.05, 0.1) is 12.3 Å². The van der Waals surface area contributed by atoms with Crippen LogP contribution < -0.4 is 4.74 Å². The SMILES string of the molecule is CC(C)(c1ccc(O)cc1)c1ccc(OC=CC(=O)O)cc1. The van der Waals surface area contributed by atoms with Gasteiger partial charge in [0.1, 0.15) is 11.5 Å². The minimum Gasteiger partial charge on any atom is -0.508 e. The van der Waals surface area contributed by atoms with Crippen LogP contribution in [0.4, 0.5) is 0 Å². The second-order valence-corrected chi connectivity index (χ2v) is 5.46. The van der Waals surface area contributed by atoms with Crippen molar-refractivity contribution in [1.82, 2.24) is 0 Å². The van der Waals surface area contributed by atoms with Gasteiger partial charge in [-0.25, -0.2) is 4.79 Å². The molecule has 0 radical (unpaired) electrons. The molecule has 0 fully saturated rings. The first kappa shape index (κ1) is 15.6. The number of carboxylic acids is 1. The molecule has 0 bridgehead atoms. The van der Waals surface area contributed by atoms with Crippen molar-refractivity contribution >= 4 is 5.97 Å². The molecular formula is C18H18O4. The molecule has 0 saturated carbocycles. The third-order valence-corrected chi connectivity index (χ3v) is 3.58. The summed E-state index contributed by atoms with van der Waals surface area (Å²) in [6, 6.07) is 14.6. The average Bonchev–Trinajstić information content (AvgIpc) is 2.48. The van der Waals surface area contributed by atoms with Gasteiger partial charge in [0.25, 0.3) is 0 Å². The van der Waals surface area contributed by atoms with Gasteiger partial charge >= 0.3 is 5.97 Å². The third kappa shape index (κ3) is 3.67. The van der Waals surface area contributed by atoms with Gasteiger partial charge in [0, 0.05) is 5.41 Å². The van der Waals surface area contributed by atoms with Crippen LogP contribution in [0.15, 0.2) is 60.9 Å². The Hall–Kier alpha value is -2.75. The fraction of sp³-hybridized carbons (Fsp3) is 0.167. The van der Waals surface area contributed by atoms with Gasteiger partial charge < -0.3 is 14.9 Å². The number of carbonyl (C=O) groups is 1. The van der Waals surface area contributed by atoms with Crippen LogP contribution in [-0.4, -0.2) is 16.2 Å². The highest BCUT2D eigenvalue weighted by Gasteiger charge is 2.22. The molecule has 2 aromatic carbocycles. The number of phenols is 1. The van der Waals surface area contributed by atoms with Crippen LogP contribution in [0.1, 0.15) is 25.0 Å². The zero-order chi connectivity index (χ0) is 16.2. The standard InChI is InChI=1S/C18H18O4/c1-18(2,13-3-7-15(19)8-4-13)14-5-9-16(10-6-14)22-12-11-17(20)21/h3-12,19H,1-2H3,(H,20,21). The molecule has 0 unspecified atom stereocenters. The first-order valence-electron chi connectivity index (χ1n) is 6.86. The molecule has 0 aromatic heterocycles. The summed E-state index contributed by atoms with van der Waals surface area (Å²) in [4.78, 5) is 10.4. The second-order valence-electron chi connectivity index (χ2n) is 5.46. The number of hydrogen-bond donors (Lipinski definition) is 2. The van der Waals surface area contributed by atoms with Gasteiger partial charge in [-0.05, 0) is 35.4 Å². The molecule has 0 atom stereocenters. The smallest absolute Gasteiger partial charge is 0.331 e. The zero-order valence-electron chi connectivity index (χ0n) is 12.5. The molecule has 114 valence electrons. The van der Waals surface area contributed by atoms with Crippen molar-refractivity contribution in [2.45, 2.75) is 19.3 Å². The maximum absolute atomic E-state index is 10.4. The summed E-state index contributed by atoms with van der Waals surface area (Å²) in [6.45, 7) is 4.19. The molecule has 4 nitrogen and oxygen atoms in total. The fourth-order valence-electron chi connectivity index (χ4n) is 2.17. The molecule has 0 spiro atoms. The van der Waals surface area contributed by atoms with Crippen molar-refractivity contribution < 1.29 is 19.7 Å². The number of phenolic OH excluding ortho intramolecular Hbond substituents is 1. The Balaban J connectivity index is 2.18. The lowest BCUT2D eigenvalue weighted by Gasteiger charge is -2.26. The summed E-state index contributed by atoms with van der Waals surface area (Å²) in [5.41, 5.74) is 1.96. The third-order valence-electron chi connectivity index (χ3n) is 3.58. The van der Waals surface area contributed by atoms with Crippen LogP contribution in [0.2, 0.25) is 0 Å². The summed E-state index contributed by atoms with van der Waals surface area (Å²) in [6.07, 6.45) is 2.08. The van der Waals surface area contributed by atoms with E-state index in [1.54, 1.807) is 24.3 Å². The van der Waals surface area contributed by atoms with E-state index in [-0.39, 0.29) is 11.2 Å². The van der Waals surface area contributed by atoms with Gasteiger partial charge in [-0.1, -0.05) is 38.1 Å². The van der Waals surface area contributed by atoms with E-state index in [4.69, 9.17) is 9.84 Å². The molecule has 2 aromatic rings. The first-order chi connectivity index (χ1) is 10.4. The summed E-state index contributed by atoms with van der Waals surface area (Å²) in [7, 11) is 0. The molecule has 4 heteroatoms. The van der Waals surface area contributed by atoms with E-state index in [0.717, 1.165) is 23.5 Å². The highest BCUT2D eigenvalue weighted by molar-refractivity contribution is 5.79. The molecule has 0 saturated heterocycles. The molecule has 0 heterocycles. The average molecular weight is 298 g/mol. The summed E-state index contributed by atoms with van der Waals surface area (Å²) >= 11 is 0. The number of benzene rings is 2. The Morgan fingerprint density at radius 2 is 1.50 bits per heavy atom. The number of aromatic hydroxyl groups is 1. The van der Waals surface area contributed by atoms with Gasteiger partial charge in [-0.2, -0.15) is 0 Å². The summed E-state index contributed by atoms with van der Waals surface area (Å²) in [5.74, 6) is -0.235. The van der Waals surface area contributed by atoms with Crippen LogP contribution in [0.25, 0.3) is 0 Å². The molecular weight excluding hydrogens is 280 g/mol. The quantitative estimate of drug-likeness (QED) is 0.652. The molecule has 0 amide bonds. The summed E-state index contributed by atoms with van der Waals surface area (Å²) < 4.78 is 5.21. The Morgan fingerprint density at radius 3 is 2.00 bits per heavy atom. The molecule has 0 aliphatic rings. The van der Waals surface area contributed by atoms with E-state index < -0.39 is 5.97 Å². The lowest BCUT2D eigenvalue weighted by molar-refractivity contribution is -0.131. The Kier molecular flexibility index (Phi) is 4.51. The van der Waals surface area contributed by atoms with Crippen molar-refractivity contribution in [3.05, 3.63) is 72.0 Å². The van der Waals surface area contributed by atoms with Gasteiger partial charge in [-0.3, -0.25) is 0 Å². The van der Waals surface area contributed by atoms with Crippen LogP contribution in [0, 0.1) is 0 Å². The Labute approximate surface area is 129 Å². The minimum atomic E-state index is -1.05. The highest BCUT2D eigenvalue weighted by atomic mass is 16.5. The minimum absolute atomic E-state index is 0.219. The van der Waals surface area contributed by atoms with E-state index in [1.165, 1.54) is 0 Å². The Morgan fingerprint density at radius 1 is 1.00 bits per heavy atom. The number of carboxylic acid groups (broad SMARTS) is 1. The van der Waals surface area contributed by atoms with E-state index in [1.807, 2.05) is 24.3 Å². The zero-order valence-corrected chi connectivity index (χ0v) is 12.5. The number of ether oxygens (including phenoxy) is 1. The number of hydrogen-bond acceptors (Lipinski definition) is 3. The van der Waals surface area contributed by atoms with Crippen LogP contribution >= 0.6 is 0 Å².